The normalized spacial score (nSPS) is 13.8. The van der Waals surface area contributed by atoms with Crippen LogP contribution in [0.1, 0.15) is 55.8 Å². The lowest BCUT2D eigenvalue weighted by Gasteiger charge is -2.35. The highest BCUT2D eigenvalue weighted by Gasteiger charge is 2.33. The number of amides is 2. The zero-order chi connectivity index (χ0) is 54.6. The van der Waals surface area contributed by atoms with Crippen molar-refractivity contribution in [2.45, 2.75) is 48.8 Å². The van der Waals surface area contributed by atoms with E-state index in [2.05, 4.69) is 30.1 Å². The van der Waals surface area contributed by atoms with Gasteiger partial charge in [-0.3, -0.25) is 29.3 Å². The van der Waals surface area contributed by atoms with E-state index in [-0.39, 0.29) is 49.5 Å². The molecule has 3 aromatic heterocycles. The lowest BCUT2D eigenvalue weighted by molar-refractivity contribution is -0.138. The van der Waals surface area contributed by atoms with Crippen molar-refractivity contribution in [3.63, 3.8) is 0 Å². The zero-order valence-electron chi connectivity index (χ0n) is 42.7. The molecule has 0 bridgehead atoms. The minimum absolute atomic E-state index is 0.0144. The lowest BCUT2D eigenvalue weighted by atomic mass is 9.88. The number of nitrogens with one attached hydrogen (secondary N) is 2. The number of Topliss-reactive ketones (excluding diaryl/α,β-unsaturated/α-hetero) is 1. The summed E-state index contributed by atoms with van der Waals surface area (Å²) in [6, 6.07) is 27.9. The maximum Gasteiger partial charge on any atom is 0.416 e. The van der Waals surface area contributed by atoms with Crippen LogP contribution in [0.2, 0.25) is 0 Å². The number of hydrogen-bond acceptors (Lipinski definition) is 15. The Labute approximate surface area is 447 Å². The number of aromatic nitrogens is 6. The number of fused-ring (bicyclic) bond motifs is 1. The predicted octanol–water partition coefficient (Wildman–Crippen LogP) is 6.97. The summed E-state index contributed by atoms with van der Waals surface area (Å²) >= 11 is 1.09. The van der Waals surface area contributed by atoms with Gasteiger partial charge in [0.2, 0.25) is 11.9 Å². The van der Waals surface area contributed by atoms with Gasteiger partial charge in [0.25, 0.3) is 5.91 Å². The number of piperazine rings is 1. The Bertz CT molecular complexity index is 3180. The van der Waals surface area contributed by atoms with Crippen LogP contribution in [0.5, 0.6) is 0 Å². The molecule has 4 aromatic carbocycles. The van der Waals surface area contributed by atoms with Gasteiger partial charge in [0.15, 0.2) is 22.8 Å². The second-order valence-electron chi connectivity index (χ2n) is 19.1. The quantitative estimate of drug-likeness (QED) is 0.0127. The minimum Gasteiger partial charge on any atom is -0.480 e. The molecule has 22 heteroatoms. The van der Waals surface area contributed by atoms with Crippen molar-refractivity contribution in [3.8, 4) is 11.1 Å². The van der Waals surface area contributed by atoms with Crippen LogP contribution in [0.3, 0.4) is 0 Å². The number of thioether (sulfide) groups is 1. The predicted molar refractivity (Wildman–Crippen MR) is 286 cm³/mol. The molecule has 8 rings (SSSR count). The van der Waals surface area contributed by atoms with E-state index in [0.29, 0.717) is 57.5 Å². The molecule has 1 fully saturated rings. The molecule has 2 atom stereocenters. The number of hydrogen-bond donors (Lipinski definition) is 4. The molecule has 2 unspecified atom stereocenters. The maximum absolute atomic E-state index is 14.4. The van der Waals surface area contributed by atoms with Gasteiger partial charge in [-0.05, 0) is 111 Å². The average Bonchev–Trinajstić information content (AvgIpc) is 3.87. The van der Waals surface area contributed by atoms with E-state index >= 15 is 0 Å². The fourth-order valence-electron chi connectivity index (χ4n) is 9.17. The van der Waals surface area contributed by atoms with Gasteiger partial charge < -0.3 is 29.7 Å². The highest BCUT2D eigenvalue weighted by atomic mass is 32.2. The largest absolute Gasteiger partial charge is 0.480 e. The Morgan fingerprint density at radius 2 is 1.57 bits per heavy atom. The maximum atomic E-state index is 14.4. The van der Waals surface area contributed by atoms with E-state index in [1.54, 1.807) is 77.9 Å². The Kier molecular flexibility index (Phi) is 18.3. The molecule has 1 aliphatic heterocycles. The third kappa shape index (κ3) is 14.6. The number of rotatable bonds is 23. The summed E-state index contributed by atoms with van der Waals surface area (Å²) < 4.78 is 44.9. The second kappa shape index (κ2) is 25.4. The smallest absolute Gasteiger partial charge is 0.416 e. The van der Waals surface area contributed by atoms with Crippen LogP contribution < -0.4 is 20.6 Å². The molecule has 0 radical (unpaired) electrons. The number of alkyl halides is 3. The van der Waals surface area contributed by atoms with Gasteiger partial charge >= 0.3 is 12.1 Å². The minimum atomic E-state index is -4.71. The average molecular weight is 1070 g/mol. The number of nitrogens with zero attached hydrogens (tertiary/aromatic N) is 10. The molecular formula is C55H59F3N12O6S. The van der Waals surface area contributed by atoms with Crippen molar-refractivity contribution in [1.29, 1.82) is 0 Å². The van der Waals surface area contributed by atoms with Crippen molar-refractivity contribution in [3.05, 3.63) is 155 Å². The third-order valence-electron chi connectivity index (χ3n) is 13.2. The number of carboxylic acids is 1. The summed E-state index contributed by atoms with van der Waals surface area (Å²) in [6.07, 6.45) is 0.936. The van der Waals surface area contributed by atoms with E-state index in [9.17, 15) is 42.7 Å². The summed E-state index contributed by atoms with van der Waals surface area (Å²) in [7, 11) is 5.67. The Hall–Kier alpha value is -7.79. The molecule has 402 valence electrons. The molecule has 1 saturated heterocycles. The molecule has 0 spiro atoms. The monoisotopic (exact) mass is 1070 g/mol. The van der Waals surface area contributed by atoms with Crippen LogP contribution in [0, 0.1) is 5.92 Å². The number of ketones is 1. The van der Waals surface area contributed by atoms with Crippen LogP contribution in [0.25, 0.3) is 22.3 Å². The fraction of sp³-hybridized carbons (Fsp3) is 0.327. The van der Waals surface area contributed by atoms with E-state index in [4.69, 9.17) is 9.97 Å². The number of benzene rings is 4. The number of likely N-dealkylation sites (N-methyl/N-ethyl adjacent to an activating group) is 1. The topological polar surface area (TPSA) is 215 Å². The Morgan fingerprint density at radius 1 is 0.831 bits per heavy atom. The molecule has 77 heavy (non-hydrogen) atoms. The van der Waals surface area contributed by atoms with Gasteiger partial charge in [-0.1, -0.05) is 84.6 Å². The first-order valence-corrected chi connectivity index (χ1v) is 25.8. The lowest BCUT2D eigenvalue weighted by Crippen LogP contribution is -2.47. The summed E-state index contributed by atoms with van der Waals surface area (Å²) in [6.45, 7) is 4.26. The number of anilines is 2. The molecule has 4 heterocycles. The van der Waals surface area contributed by atoms with Crippen LogP contribution in [0.15, 0.2) is 127 Å². The summed E-state index contributed by atoms with van der Waals surface area (Å²) in [4.78, 5) is 83.3. The summed E-state index contributed by atoms with van der Waals surface area (Å²) in [5.74, 6) is -3.01. The SMILES string of the molecule is CN(C)CCCN1CCN(c2nc(N(C)CC(=O)O)c3ncn(Cc4ccc(C(F)(F)F)cc4CC(CCc4cccc(-c5cccc(C(=O)NC(Sc6ccncn6)C(=O)c6ccccc6)c5)c4)C(=O)NO)c3n2)CC1. The van der Waals surface area contributed by atoms with Crippen LogP contribution in [-0.2, 0) is 35.2 Å². The van der Waals surface area contributed by atoms with Crippen molar-refractivity contribution < 1.29 is 42.7 Å². The molecule has 2 amide bonds. The highest BCUT2D eigenvalue weighted by molar-refractivity contribution is 8.00. The molecular weight excluding hydrogens is 1010 g/mol. The van der Waals surface area contributed by atoms with E-state index in [0.717, 1.165) is 67.6 Å². The number of hydroxylamine groups is 1. The van der Waals surface area contributed by atoms with Crippen molar-refractivity contribution in [1.82, 2.24) is 50.1 Å². The van der Waals surface area contributed by atoms with Crippen LogP contribution in [0.4, 0.5) is 24.9 Å². The van der Waals surface area contributed by atoms with Crippen molar-refractivity contribution >= 4 is 58.3 Å². The van der Waals surface area contributed by atoms with Gasteiger partial charge in [-0.25, -0.2) is 20.4 Å². The zero-order valence-corrected chi connectivity index (χ0v) is 43.5. The van der Waals surface area contributed by atoms with Gasteiger partial charge in [0.1, 0.15) is 23.3 Å². The van der Waals surface area contributed by atoms with Gasteiger partial charge in [0, 0.05) is 56.5 Å². The first-order valence-electron chi connectivity index (χ1n) is 25.0. The molecule has 1 aliphatic rings. The first-order chi connectivity index (χ1) is 37.0. The molecule has 0 saturated carbocycles. The molecule has 18 nitrogen and oxygen atoms in total. The molecule has 7 aromatic rings. The van der Waals surface area contributed by atoms with E-state index in [1.807, 2.05) is 49.3 Å². The van der Waals surface area contributed by atoms with Crippen molar-refractivity contribution in [2.75, 3.05) is 76.8 Å². The number of imidazole rings is 1. The summed E-state index contributed by atoms with van der Waals surface area (Å²) in [5, 5.41) is 22.0. The first kappa shape index (κ1) is 55.4. The number of halogens is 3. The number of carbonyl (C=O) groups excluding carboxylic acids is 3. The number of aryl methyl sites for hydroxylation is 1. The Morgan fingerprint density at radius 3 is 2.27 bits per heavy atom. The molecule has 0 aliphatic carbocycles. The van der Waals surface area contributed by atoms with Gasteiger partial charge in [0.05, 0.1) is 18.4 Å². The van der Waals surface area contributed by atoms with E-state index in [1.165, 1.54) is 23.6 Å². The number of carboxylic acid groups (broad SMARTS) is 1. The van der Waals surface area contributed by atoms with Crippen molar-refractivity contribution in [2.24, 2.45) is 5.92 Å². The number of aliphatic carboxylic acids is 1. The summed E-state index contributed by atoms with van der Waals surface area (Å²) in [5.41, 5.74) is 5.02. The Balaban J connectivity index is 1.02. The van der Waals surface area contributed by atoms with Gasteiger partial charge in [-0.2, -0.15) is 23.1 Å². The third-order valence-corrected chi connectivity index (χ3v) is 14.3. The number of carbonyl (C=O) groups is 4. The van der Waals surface area contributed by atoms with E-state index < -0.39 is 40.8 Å². The second-order valence-corrected chi connectivity index (χ2v) is 20.2. The molecule has 4 N–H and O–H groups in total. The van der Waals surface area contributed by atoms with Crippen LogP contribution >= 0.6 is 11.8 Å². The highest BCUT2D eigenvalue weighted by Crippen LogP contribution is 2.34. The van der Waals surface area contributed by atoms with Gasteiger partial charge in [-0.15, -0.1) is 0 Å². The van der Waals surface area contributed by atoms with Crippen LogP contribution in [-0.4, -0.2) is 145 Å². The standard InChI is InChI=1S/C55H59F3N12O6S/c1-66(2)22-9-23-68-24-26-69(27-25-68)54-62-49(67(3)33-46(71)72)47-50(63-54)70(35-61-47)32-42-18-19-44(55(56,57)58)31-43(42)30-41(52(75)65-76)17-16-36-10-7-13-38(28-36)39-14-8-15-40(29-39)51(74)64-53(77-45-20-21-59-34-60-45)48(73)37-11-5-4-6-12-37/h4-8,10-15,18-21,28-29,31,34-35,41,53,76H,9,16-17,22-27,30,32-33H2,1-3H3,(H,64,74)(H,65,75)(H,71,72). The fourth-order valence-corrected chi connectivity index (χ4v) is 10.1.